The van der Waals surface area contributed by atoms with Gasteiger partial charge in [-0.05, 0) is 12.5 Å². The number of aryl methyl sites for hydroxylation is 1. The topological polar surface area (TPSA) is 64.1 Å². The van der Waals surface area contributed by atoms with Crippen molar-refractivity contribution in [1.82, 2.24) is 9.55 Å². The SMILES string of the molecule is COC(=O)c1[nH]c(=O)n(C)c1Cc1cccc(C)c1. The molecule has 0 saturated carbocycles. The lowest BCUT2D eigenvalue weighted by atomic mass is 10.1. The lowest BCUT2D eigenvalue weighted by Gasteiger charge is -2.06. The Morgan fingerprint density at radius 2 is 2.16 bits per heavy atom. The fourth-order valence-corrected chi connectivity index (χ4v) is 2.05. The number of carbonyl (C=O) groups excluding carboxylic acids is 1. The Bertz CT molecular complexity index is 668. The highest BCUT2D eigenvalue weighted by atomic mass is 16.5. The molecule has 5 nitrogen and oxygen atoms in total. The molecular formula is C14H16N2O3. The molecule has 0 amide bonds. The van der Waals surface area contributed by atoms with E-state index in [0.29, 0.717) is 12.1 Å². The molecule has 0 fully saturated rings. The molecule has 1 N–H and O–H groups in total. The third-order valence-corrected chi connectivity index (χ3v) is 3.07. The minimum Gasteiger partial charge on any atom is -0.464 e. The van der Waals surface area contributed by atoms with Gasteiger partial charge in [0.15, 0.2) is 0 Å². The summed E-state index contributed by atoms with van der Waals surface area (Å²) in [6, 6.07) is 7.94. The second-order valence-electron chi connectivity index (χ2n) is 4.47. The van der Waals surface area contributed by atoms with Crippen LogP contribution < -0.4 is 5.69 Å². The second kappa shape index (κ2) is 5.14. The number of carbonyl (C=O) groups is 1. The molecule has 0 radical (unpaired) electrons. The van der Waals surface area contributed by atoms with Crippen molar-refractivity contribution < 1.29 is 9.53 Å². The van der Waals surface area contributed by atoms with Crippen LogP contribution in [0.15, 0.2) is 29.1 Å². The van der Waals surface area contributed by atoms with Crippen LogP contribution in [-0.4, -0.2) is 22.6 Å². The number of ether oxygens (including phenoxy) is 1. The van der Waals surface area contributed by atoms with Crippen LogP contribution in [-0.2, 0) is 18.2 Å². The van der Waals surface area contributed by atoms with E-state index in [0.717, 1.165) is 11.1 Å². The molecule has 0 saturated heterocycles. The number of hydrogen-bond donors (Lipinski definition) is 1. The van der Waals surface area contributed by atoms with Crippen molar-refractivity contribution in [3.8, 4) is 0 Å². The van der Waals surface area contributed by atoms with Gasteiger partial charge in [0.25, 0.3) is 0 Å². The predicted octanol–water partition coefficient (Wildman–Crippen LogP) is 1.40. The summed E-state index contributed by atoms with van der Waals surface area (Å²) in [7, 11) is 2.93. The Labute approximate surface area is 110 Å². The predicted molar refractivity (Wildman–Crippen MR) is 71.4 cm³/mol. The number of aromatic nitrogens is 2. The van der Waals surface area contributed by atoms with E-state index in [9.17, 15) is 9.59 Å². The Kier molecular flexibility index (Phi) is 3.55. The average Bonchev–Trinajstić information content (AvgIpc) is 2.66. The lowest BCUT2D eigenvalue weighted by Crippen LogP contribution is -2.14. The van der Waals surface area contributed by atoms with Gasteiger partial charge in [-0.1, -0.05) is 29.8 Å². The van der Waals surface area contributed by atoms with Gasteiger partial charge in [-0.25, -0.2) is 9.59 Å². The highest BCUT2D eigenvalue weighted by molar-refractivity contribution is 5.88. The van der Waals surface area contributed by atoms with Crippen molar-refractivity contribution in [2.75, 3.05) is 7.11 Å². The van der Waals surface area contributed by atoms with E-state index in [1.165, 1.54) is 11.7 Å². The Morgan fingerprint density at radius 1 is 1.42 bits per heavy atom. The molecule has 0 atom stereocenters. The largest absolute Gasteiger partial charge is 0.464 e. The van der Waals surface area contributed by atoms with Gasteiger partial charge in [0, 0.05) is 13.5 Å². The van der Waals surface area contributed by atoms with E-state index >= 15 is 0 Å². The number of benzene rings is 1. The first-order valence-electron chi connectivity index (χ1n) is 5.94. The maximum atomic E-state index is 11.7. The standard InChI is InChI=1S/C14H16N2O3/c1-9-5-4-6-10(7-9)8-11-12(13(17)19-3)15-14(18)16(11)2/h4-7H,8H2,1-3H3,(H,15,18). The number of nitrogens with zero attached hydrogens (tertiary/aromatic N) is 1. The number of esters is 1. The number of H-pyrrole nitrogens is 1. The molecule has 100 valence electrons. The van der Waals surface area contributed by atoms with Crippen LogP contribution in [0.1, 0.15) is 27.3 Å². The number of nitrogens with one attached hydrogen (secondary N) is 1. The van der Waals surface area contributed by atoms with E-state index in [1.807, 2.05) is 31.2 Å². The van der Waals surface area contributed by atoms with Crippen LogP contribution in [0.4, 0.5) is 0 Å². The quantitative estimate of drug-likeness (QED) is 0.848. The van der Waals surface area contributed by atoms with E-state index in [1.54, 1.807) is 7.05 Å². The zero-order valence-electron chi connectivity index (χ0n) is 11.2. The number of methoxy groups -OCH3 is 1. The molecule has 0 spiro atoms. The number of rotatable bonds is 3. The van der Waals surface area contributed by atoms with E-state index in [-0.39, 0.29) is 11.4 Å². The van der Waals surface area contributed by atoms with Crippen molar-refractivity contribution in [3.63, 3.8) is 0 Å². The molecule has 1 heterocycles. The van der Waals surface area contributed by atoms with Gasteiger partial charge in [-0.3, -0.25) is 9.55 Å². The number of hydrogen-bond acceptors (Lipinski definition) is 3. The van der Waals surface area contributed by atoms with Crippen LogP contribution in [0.5, 0.6) is 0 Å². The summed E-state index contributed by atoms with van der Waals surface area (Å²) in [5.74, 6) is -0.527. The number of aromatic amines is 1. The monoisotopic (exact) mass is 260 g/mol. The number of imidazole rings is 1. The Hall–Kier alpha value is -2.30. The molecule has 0 aliphatic carbocycles. The fraction of sp³-hybridized carbons (Fsp3) is 0.286. The highest BCUT2D eigenvalue weighted by Crippen LogP contribution is 2.13. The summed E-state index contributed by atoms with van der Waals surface area (Å²) in [5.41, 5.74) is 2.71. The van der Waals surface area contributed by atoms with Gasteiger partial charge < -0.3 is 4.74 Å². The van der Waals surface area contributed by atoms with Gasteiger partial charge >= 0.3 is 11.7 Å². The summed E-state index contributed by atoms with van der Waals surface area (Å²) in [6.07, 6.45) is 0.501. The maximum Gasteiger partial charge on any atom is 0.356 e. The second-order valence-corrected chi connectivity index (χ2v) is 4.47. The molecule has 0 aliphatic rings. The highest BCUT2D eigenvalue weighted by Gasteiger charge is 2.18. The summed E-state index contributed by atoms with van der Waals surface area (Å²) in [6.45, 7) is 2.00. The van der Waals surface area contributed by atoms with Gasteiger partial charge in [0.05, 0.1) is 12.8 Å². The van der Waals surface area contributed by atoms with Crippen LogP contribution in [0.2, 0.25) is 0 Å². The summed E-state index contributed by atoms with van der Waals surface area (Å²) in [5, 5.41) is 0. The Morgan fingerprint density at radius 3 is 2.79 bits per heavy atom. The van der Waals surface area contributed by atoms with E-state index in [4.69, 9.17) is 0 Å². The van der Waals surface area contributed by atoms with Crippen LogP contribution in [0.25, 0.3) is 0 Å². The van der Waals surface area contributed by atoms with Crippen LogP contribution in [0, 0.1) is 6.92 Å². The van der Waals surface area contributed by atoms with Crippen molar-refractivity contribution in [2.45, 2.75) is 13.3 Å². The third kappa shape index (κ3) is 2.59. The zero-order chi connectivity index (χ0) is 14.0. The minimum absolute atomic E-state index is 0.219. The lowest BCUT2D eigenvalue weighted by molar-refractivity contribution is 0.0593. The first kappa shape index (κ1) is 13.1. The van der Waals surface area contributed by atoms with E-state index in [2.05, 4.69) is 9.72 Å². The molecule has 19 heavy (non-hydrogen) atoms. The molecule has 2 rings (SSSR count). The maximum absolute atomic E-state index is 11.7. The van der Waals surface area contributed by atoms with Crippen LogP contribution in [0.3, 0.4) is 0 Å². The van der Waals surface area contributed by atoms with Crippen LogP contribution >= 0.6 is 0 Å². The normalized spacial score (nSPS) is 10.5. The van der Waals surface area contributed by atoms with E-state index < -0.39 is 5.97 Å². The molecule has 0 bridgehead atoms. The summed E-state index contributed by atoms with van der Waals surface area (Å²) in [4.78, 5) is 25.8. The smallest absolute Gasteiger partial charge is 0.356 e. The Balaban J connectivity index is 2.44. The molecule has 1 aromatic carbocycles. The van der Waals surface area contributed by atoms with Gasteiger partial charge in [0.2, 0.25) is 0 Å². The van der Waals surface area contributed by atoms with Gasteiger partial charge in [0.1, 0.15) is 5.69 Å². The first-order chi connectivity index (χ1) is 9.02. The third-order valence-electron chi connectivity index (χ3n) is 3.07. The van der Waals surface area contributed by atoms with Gasteiger partial charge in [-0.2, -0.15) is 0 Å². The molecule has 0 aliphatic heterocycles. The molecule has 2 aromatic rings. The van der Waals surface area contributed by atoms with Gasteiger partial charge in [-0.15, -0.1) is 0 Å². The van der Waals surface area contributed by atoms with Crippen molar-refractivity contribution in [3.05, 3.63) is 57.3 Å². The molecule has 1 aromatic heterocycles. The molecule has 0 unspecified atom stereocenters. The van der Waals surface area contributed by atoms with Crippen molar-refractivity contribution in [2.24, 2.45) is 7.05 Å². The summed E-state index contributed by atoms with van der Waals surface area (Å²) < 4.78 is 6.12. The van der Waals surface area contributed by atoms with Crippen molar-refractivity contribution in [1.29, 1.82) is 0 Å². The minimum atomic E-state index is -0.527. The zero-order valence-corrected chi connectivity index (χ0v) is 11.2. The average molecular weight is 260 g/mol. The summed E-state index contributed by atoms with van der Waals surface area (Å²) >= 11 is 0. The molecular weight excluding hydrogens is 244 g/mol. The fourth-order valence-electron chi connectivity index (χ4n) is 2.05. The van der Waals surface area contributed by atoms with Crippen molar-refractivity contribution >= 4 is 5.97 Å². The molecule has 5 heteroatoms. The first-order valence-corrected chi connectivity index (χ1v) is 5.94.